The number of ether oxygens (including phenoxy) is 4. The van der Waals surface area contributed by atoms with Gasteiger partial charge in [-0.1, -0.05) is 327 Å². The van der Waals surface area contributed by atoms with Crippen molar-refractivity contribution in [3.05, 3.63) is 24.3 Å². The number of aliphatic hydroxyl groups is 8. The molecular formula is C73H139NO13. The molecule has 1 amide bonds. The summed E-state index contributed by atoms with van der Waals surface area (Å²) in [7, 11) is 0. The Morgan fingerprint density at radius 3 is 1.13 bits per heavy atom. The van der Waals surface area contributed by atoms with Gasteiger partial charge in [-0.25, -0.2) is 0 Å². The summed E-state index contributed by atoms with van der Waals surface area (Å²) >= 11 is 0. The topological polar surface area (TPSA) is 228 Å². The summed E-state index contributed by atoms with van der Waals surface area (Å²) in [5.41, 5.74) is 0. The number of aliphatic hydroxyl groups excluding tert-OH is 8. The van der Waals surface area contributed by atoms with Crippen LogP contribution in [-0.2, 0) is 23.7 Å². The lowest BCUT2D eigenvalue weighted by atomic mass is 9.97. The third-order valence-corrected chi connectivity index (χ3v) is 18.4. The van der Waals surface area contributed by atoms with Gasteiger partial charge in [0.25, 0.3) is 0 Å². The first-order valence-corrected chi connectivity index (χ1v) is 37.1. The van der Waals surface area contributed by atoms with Crippen LogP contribution in [-0.4, -0.2) is 140 Å². The molecule has 0 aromatic carbocycles. The predicted octanol–water partition coefficient (Wildman–Crippen LogP) is 15.5. The number of hydrogen-bond acceptors (Lipinski definition) is 13. The van der Waals surface area contributed by atoms with Gasteiger partial charge in [0.15, 0.2) is 12.6 Å². The van der Waals surface area contributed by atoms with Crippen molar-refractivity contribution in [1.82, 2.24) is 5.32 Å². The van der Waals surface area contributed by atoms with Crippen LogP contribution in [0, 0.1) is 0 Å². The zero-order valence-electron chi connectivity index (χ0n) is 56.0. The third-order valence-electron chi connectivity index (χ3n) is 18.4. The van der Waals surface area contributed by atoms with Crippen molar-refractivity contribution >= 4 is 5.91 Å². The number of amides is 1. The molecule has 0 saturated carbocycles. The lowest BCUT2D eigenvalue weighted by molar-refractivity contribution is -0.359. The zero-order chi connectivity index (χ0) is 63.1. The first-order valence-electron chi connectivity index (χ1n) is 37.1. The van der Waals surface area contributed by atoms with Crippen LogP contribution in [0.15, 0.2) is 24.3 Å². The van der Waals surface area contributed by atoms with Crippen LogP contribution in [0.1, 0.15) is 341 Å². The SMILES string of the molecule is CCCCCCCCC/C=C/CC/C=C/C(O)C(COC1OC(CO)C(OC2OC(CO)C(O)C(O)C2O)C(O)C1O)NC(=O)CCCCCCCCCCCCCCCCCCCCCCCCCCCCCCCCCCCCCCCCCC. The van der Waals surface area contributed by atoms with Crippen molar-refractivity contribution in [1.29, 1.82) is 0 Å². The van der Waals surface area contributed by atoms with Gasteiger partial charge in [-0.15, -0.1) is 0 Å². The minimum Gasteiger partial charge on any atom is -0.394 e. The maximum absolute atomic E-state index is 13.3. The maximum atomic E-state index is 13.3. The molecule has 14 heteroatoms. The number of hydrogen-bond donors (Lipinski definition) is 9. The fraction of sp³-hybridized carbons (Fsp3) is 0.932. The van der Waals surface area contributed by atoms with Gasteiger partial charge in [0.2, 0.25) is 5.91 Å². The molecule has 2 fully saturated rings. The van der Waals surface area contributed by atoms with E-state index in [9.17, 15) is 45.6 Å². The van der Waals surface area contributed by atoms with Gasteiger partial charge in [0.05, 0.1) is 32.0 Å². The van der Waals surface area contributed by atoms with Crippen molar-refractivity contribution in [2.24, 2.45) is 0 Å². The minimum absolute atomic E-state index is 0.243. The average molecular weight is 1240 g/mol. The van der Waals surface area contributed by atoms with Gasteiger partial charge >= 0.3 is 0 Å². The van der Waals surface area contributed by atoms with Crippen LogP contribution in [0.3, 0.4) is 0 Å². The van der Waals surface area contributed by atoms with Crippen molar-refractivity contribution in [2.75, 3.05) is 19.8 Å². The Morgan fingerprint density at radius 1 is 0.402 bits per heavy atom. The molecule has 12 atom stereocenters. The van der Waals surface area contributed by atoms with Gasteiger partial charge in [-0.3, -0.25) is 4.79 Å². The highest BCUT2D eigenvalue weighted by molar-refractivity contribution is 5.76. The first-order chi connectivity index (χ1) is 42.6. The number of carbonyl (C=O) groups is 1. The van der Waals surface area contributed by atoms with Gasteiger partial charge in [-0.2, -0.15) is 0 Å². The molecule has 14 nitrogen and oxygen atoms in total. The normalized spacial score (nSPS) is 23.3. The van der Waals surface area contributed by atoms with E-state index >= 15 is 0 Å². The van der Waals surface area contributed by atoms with Crippen LogP contribution in [0.2, 0.25) is 0 Å². The summed E-state index contributed by atoms with van der Waals surface area (Å²) in [6.45, 7) is 2.81. The summed E-state index contributed by atoms with van der Waals surface area (Å²) < 4.78 is 22.8. The molecule has 0 spiro atoms. The molecule has 514 valence electrons. The molecule has 0 aliphatic carbocycles. The molecule has 2 rings (SSSR count). The largest absolute Gasteiger partial charge is 0.394 e. The summed E-state index contributed by atoms with van der Waals surface area (Å²) in [5, 5.41) is 87.2. The van der Waals surface area contributed by atoms with Crippen LogP contribution in [0.5, 0.6) is 0 Å². The second kappa shape index (κ2) is 58.3. The van der Waals surface area contributed by atoms with E-state index in [4.69, 9.17) is 18.9 Å². The van der Waals surface area contributed by atoms with E-state index in [1.54, 1.807) is 6.08 Å². The highest BCUT2D eigenvalue weighted by atomic mass is 16.7. The highest BCUT2D eigenvalue weighted by Crippen LogP contribution is 2.30. The van der Waals surface area contributed by atoms with E-state index in [0.29, 0.717) is 12.8 Å². The first kappa shape index (κ1) is 81.6. The van der Waals surface area contributed by atoms with Crippen molar-refractivity contribution < 1.29 is 64.6 Å². The molecule has 0 radical (unpaired) electrons. The van der Waals surface area contributed by atoms with E-state index in [1.165, 1.54) is 276 Å². The van der Waals surface area contributed by atoms with Crippen LogP contribution < -0.4 is 5.32 Å². The molecule has 12 unspecified atom stereocenters. The van der Waals surface area contributed by atoms with E-state index in [2.05, 4.69) is 31.3 Å². The molecule has 87 heavy (non-hydrogen) atoms. The number of nitrogens with one attached hydrogen (secondary N) is 1. The predicted molar refractivity (Wildman–Crippen MR) is 355 cm³/mol. The zero-order valence-corrected chi connectivity index (χ0v) is 56.0. The van der Waals surface area contributed by atoms with Crippen molar-refractivity contribution in [3.8, 4) is 0 Å². The van der Waals surface area contributed by atoms with Gasteiger partial charge in [-0.05, 0) is 32.1 Å². The lowest BCUT2D eigenvalue weighted by Crippen LogP contribution is -2.65. The molecule has 0 bridgehead atoms. The lowest BCUT2D eigenvalue weighted by Gasteiger charge is -2.46. The monoisotopic (exact) mass is 1240 g/mol. The van der Waals surface area contributed by atoms with Gasteiger partial charge in [0.1, 0.15) is 48.8 Å². The minimum atomic E-state index is -1.79. The van der Waals surface area contributed by atoms with E-state index < -0.39 is 86.8 Å². The Kier molecular flexibility index (Phi) is 54.7. The smallest absolute Gasteiger partial charge is 0.220 e. The molecular weight excluding hydrogens is 1100 g/mol. The van der Waals surface area contributed by atoms with Gasteiger partial charge < -0.3 is 65.1 Å². The number of unbranched alkanes of at least 4 members (excludes halogenated alkanes) is 47. The standard InChI is InChI=1S/C73H139NO13/c1-3-5-7-9-11-13-15-17-18-19-20-21-22-23-24-25-26-27-28-29-30-31-32-33-34-35-36-37-38-39-40-41-42-43-45-47-49-51-53-55-57-65(78)74-61(62(77)56-54-52-50-48-46-44-16-14-12-10-8-6-4-2)60-84-72-70(83)68(81)71(64(59-76)86-72)87-73-69(82)67(80)66(79)63(58-75)85-73/h46,48,54,56,61-64,66-73,75-77,79-83H,3-45,47,49-53,55,57-60H2,1-2H3,(H,74,78)/b48-46+,56-54+. The Hall–Kier alpha value is -1.53. The highest BCUT2D eigenvalue weighted by Gasteiger charge is 2.51. The quantitative estimate of drug-likeness (QED) is 0.0204. The molecule has 0 aromatic rings. The van der Waals surface area contributed by atoms with E-state index in [0.717, 1.165) is 32.1 Å². The number of allylic oxidation sites excluding steroid dienone is 3. The van der Waals surface area contributed by atoms with Crippen LogP contribution in [0.25, 0.3) is 0 Å². The molecule has 9 N–H and O–H groups in total. The van der Waals surface area contributed by atoms with Crippen LogP contribution in [0.4, 0.5) is 0 Å². The van der Waals surface area contributed by atoms with E-state index in [1.807, 2.05) is 6.08 Å². The summed E-state index contributed by atoms with van der Waals surface area (Å²) in [4.78, 5) is 13.3. The molecule has 2 heterocycles. The van der Waals surface area contributed by atoms with Crippen LogP contribution >= 0.6 is 0 Å². The fourth-order valence-electron chi connectivity index (χ4n) is 12.5. The number of rotatable bonds is 62. The Labute approximate surface area is 532 Å². The van der Waals surface area contributed by atoms with Crippen molar-refractivity contribution in [3.63, 3.8) is 0 Å². The summed E-state index contributed by atoms with van der Waals surface area (Å²) in [6.07, 6.45) is 57.3. The molecule has 2 aliphatic heterocycles. The molecule has 0 aromatic heterocycles. The Morgan fingerprint density at radius 2 is 0.736 bits per heavy atom. The van der Waals surface area contributed by atoms with E-state index in [-0.39, 0.29) is 18.9 Å². The summed E-state index contributed by atoms with van der Waals surface area (Å²) in [5.74, 6) is -0.243. The fourth-order valence-corrected chi connectivity index (χ4v) is 12.5. The average Bonchev–Trinajstić information content (AvgIpc) is 2.65. The number of carbonyl (C=O) groups excluding carboxylic acids is 1. The maximum Gasteiger partial charge on any atom is 0.220 e. The van der Waals surface area contributed by atoms with Crippen molar-refractivity contribution in [2.45, 2.75) is 415 Å². The van der Waals surface area contributed by atoms with Gasteiger partial charge in [0, 0.05) is 6.42 Å². The molecule has 2 aliphatic rings. The Balaban J connectivity index is 1.52. The summed E-state index contributed by atoms with van der Waals surface area (Å²) in [6, 6.07) is -0.928. The second-order valence-electron chi connectivity index (χ2n) is 26.4. The molecule has 2 saturated heterocycles. The second-order valence-corrected chi connectivity index (χ2v) is 26.4. The third kappa shape index (κ3) is 42.4. The Bertz CT molecular complexity index is 1550.